The summed E-state index contributed by atoms with van der Waals surface area (Å²) in [4.78, 5) is 36.3. The molecule has 3 amide bonds. The van der Waals surface area contributed by atoms with Crippen molar-refractivity contribution in [3.05, 3.63) is 53.8 Å². The van der Waals surface area contributed by atoms with E-state index in [-0.39, 0.29) is 30.8 Å². The summed E-state index contributed by atoms with van der Waals surface area (Å²) in [6.45, 7) is 2.29. The maximum Gasteiger partial charge on any atom is 0.414 e. The molecule has 0 radical (unpaired) electrons. The van der Waals surface area contributed by atoms with Crippen LogP contribution in [0.15, 0.2) is 42.5 Å². The molecule has 1 saturated heterocycles. The molecule has 2 aromatic rings. The summed E-state index contributed by atoms with van der Waals surface area (Å²) < 4.78 is 20.0. The molecule has 1 aliphatic heterocycles. The van der Waals surface area contributed by atoms with Crippen molar-refractivity contribution in [2.45, 2.75) is 32.4 Å². The van der Waals surface area contributed by atoms with Gasteiger partial charge in [-0.2, -0.15) is 0 Å². The van der Waals surface area contributed by atoms with Gasteiger partial charge in [-0.15, -0.1) is 0 Å². The second-order valence-corrected chi connectivity index (χ2v) is 7.91. The fourth-order valence-corrected chi connectivity index (χ4v) is 3.48. The molecular formula is C23H24FN3O4. The molecule has 1 atom stereocenters. The third-order valence-electron chi connectivity index (χ3n) is 5.40. The van der Waals surface area contributed by atoms with Crippen LogP contribution in [-0.4, -0.2) is 37.1 Å². The molecule has 2 aromatic carbocycles. The lowest BCUT2D eigenvalue weighted by atomic mass is 10.0. The number of nitrogens with one attached hydrogen (secondary N) is 2. The van der Waals surface area contributed by atoms with Gasteiger partial charge < -0.3 is 15.4 Å². The molecule has 2 aliphatic rings. The third kappa shape index (κ3) is 5.02. The molecule has 1 unspecified atom stereocenters. The first kappa shape index (κ1) is 20.8. The summed E-state index contributed by atoms with van der Waals surface area (Å²) >= 11 is 0. The number of rotatable bonds is 7. The first-order chi connectivity index (χ1) is 14.9. The first-order valence-corrected chi connectivity index (χ1v) is 10.3. The molecule has 0 aromatic heterocycles. The van der Waals surface area contributed by atoms with Crippen LogP contribution >= 0.6 is 0 Å². The summed E-state index contributed by atoms with van der Waals surface area (Å²) in [7, 11) is 0. The van der Waals surface area contributed by atoms with E-state index in [1.807, 2.05) is 24.3 Å². The lowest BCUT2D eigenvalue weighted by molar-refractivity contribution is -0.122. The van der Waals surface area contributed by atoms with Crippen LogP contribution in [-0.2, 0) is 20.9 Å². The summed E-state index contributed by atoms with van der Waals surface area (Å²) in [5.41, 5.74) is 2.46. The van der Waals surface area contributed by atoms with E-state index < -0.39 is 18.0 Å². The lowest BCUT2D eigenvalue weighted by Crippen LogP contribution is -2.33. The van der Waals surface area contributed by atoms with Gasteiger partial charge in [0.2, 0.25) is 11.8 Å². The maximum absolute atomic E-state index is 14.8. The number of halogens is 1. The topological polar surface area (TPSA) is 87.7 Å². The van der Waals surface area contributed by atoms with Gasteiger partial charge in [-0.05, 0) is 42.2 Å². The lowest BCUT2D eigenvalue weighted by Gasteiger charge is -2.15. The van der Waals surface area contributed by atoms with Crippen molar-refractivity contribution in [2.24, 2.45) is 5.92 Å². The van der Waals surface area contributed by atoms with Crippen molar-refractivity contribution in [1.29, 1.82) is 0 Å². The van der Waals surface area contributed by atoms with Crippen LogP contribution in [0.1, 0.15) is 25.3 Å². The third-order valence-corrected chi connectivity index (χ3v) is 5.40. The quantitative estimate of drug-likeness (QED) is 0.714. The predicted octanol–water partition coefficient (Wildman–Crippen LogP) is 2.98. The Hall–Kier alpha value is -3.42. The molecule has 1 heterocycles. The molecular weight excluding hydrogens is 401 g/mol. The van der Waals surface area contributed by atoms with Crippen molar-refractivity contribution in [3.8, 4) is 11.1 Å². The first-order valence-electron chi connectivity index (χ1n) is 10.3. The van der Waals surface area contributed by atoms with Gasteiger partial charge in [-0.1, -0.05) is 24.3 Å². The predicted molar refractivity (Wildman–Crippen MR) is 113 cm³/mol. The van der Waals surface area contributed by atoms with Crippen LogP contribution in [0, 0.1) is 11.7 Å². The van der Waals surface area contributed by atoms with E-state index in [4.69, 9.17) is 4.74 Å². The number of cyclic esters (lactones) is 1. The Morgan fingerprint density at radius 2 is 1.87 bits per heavy atom. The van der Waals surface area contributed by atoms with E-state index in [0.29, 0.717) is 23.4 Å². The van der Waals surface area contributed by atoms with Gasteiger partial charge in [0.1, 0.15) is 11.9 Å². The Kier molecular flexibility index (Phi) is 5.88. The second kappa shape index (κ2) is 8.75. The number of carbonyl (C=O) groups is 3. The monoisotopic (exact) mass is 425 g/mol. The van der Waals surface area contributed by atoms with Crippen LogP contribution in [0.2, 0.25) is 0 Å². The smallest absolute Gasteiger partial charge is 0.414 e. The zero-order valence-corrected chi connectivity index (χ0v) is 17.2. The number of amides is 3. The zero-order chi connectivity index (χ0) is 22.0. The van der Waals surface area contributed by atoms with E-state index in [9.17, 15) is 18.8 Å². The van der Waals surface area contributed by atoms with E-state index >= 15 is 0 Å². The number of ether oxygens (including phenoxy) is 1. The second-order valence-electron chi connectivity index (χ2n) is 7.91. The SMILES string of the molecule is CC(=O)NCC1CN(c2ccc(-c3ccc(CNC(=O)C4CC4)cc3)c(F)c2)C(=O)O1. The van der Waals surface area contributed by atoms with Gasteiger partial charge in [0.05, 0.1) is 18.8 Å². The fraction of sp³-hybridized carbons (Fsp3) is 0.348. The molecule has 2 fully saturated rings. The number of carbonyl (C=O) groups excluding carboxylic acids is 3. The van der Waals surface area contributed by atoms with Crippen LogP contribution < -0.4 is 15.5 Å². The van der Waals surface area contributed by atoms with Crippen molar-refractivity contribution in [3.63, 3.8) is 0 Å². The molecule has 0 spiro atoms. The highest BCUT2D eigenvalue weighted by molar-refractivity contribution is 5.90. The Morgan fingerprint density at radius 3 is 2.52 bits per heavy atom. The van der Waals surface area contributed by atoms with E-state index in [1.165, 1.54) is 17.9 Å². The highest BCUT2D eigenvalue weighted by Gasteiger charge is 2.33. The molecule has 8 heteroatoms. The van der Waals surface area contributed by atoms with Gasteiger partial charge in [0.15, 0.2) is 0 Å². The Morgan fingerprint density at radius 1 is 1.13 bits per heavy atom. The molecule has 31 heavy (non-hydrogen) atoms. The van der Waals surface area contributed by atoms with Crippen LogP contribution in [0.4, 0.5) is 14.9 Å². The summed E-state index contributed by atoms with van der Waals surface area (Å²) in [5.74, 6) is -0.405. The summed E-state index contributed by atoms with van der Waals surface area (Å²) in [5, 5.41) is 5.52. The number of benzene rings is 2. The van der Waals surface area contributed by atoms with Crippen molar-refractivity contribution >= 4 is 23.6 Å². The number of nitrogens with zero attached hydrogens (tertiary/aromatic N) is 1. The molecule has 4 rings (SSSR count). The van der Waals surface area contributed by atoms with Crippen molar-refractivity contribution in [2.75, 3.05) is 18.0 Å². The van der Waals surface area contributed by atoms with Gasteiger partial charge in [-0.3, -0.25) is 14.5 Å². The largest absolute Gasteiger partial charge is 0.442 e. The minimum atomic E-state index is -0.569. The molecule has 2 N–H and O–H groups in total. The summed E-state index contributed by atoms with van der Waals surface area (Å²) in [6, 6.07) is 11.9. The minimum absolute atomic E-state index is 0.0884. The minimum Gasteiger partial charge on any atom is -0.442 e. The van der Waals surface area contributed by atoms with Crippen molar-refractivity contribution in [1.82, 2.24) is 10.6 Å². The molecule has 1 aliphatic carbocycles. The zero-order valence-electron chi connectivity index (χ0n) is 17.2. The number of hydrogen-bond donors (Lipinski definition) is 2. The van der Waals surface area contributed by atoms with E-state index in [2.05, 4.69) is 10.6 Å². The van der Waals surface area contributed by atoms with Gasteiger partial charge >= 0.3 is 6.09 Å². The average Bonchev–Trinajstić information content (AvgIpc) is 3.53. The molecule has 1 saturated carbocycles. The van der Waals surface area contributed by atoms with Gasteiger partial charge in [-0.25, -0.2) is 9.18 Å². The van der Waals surface area contributed by atoms with Gasteiger partial charge in [0, 0.05) is 24.9 Å². The molecule has 162 valence electrons. The number of anilines is 1. The van der Waals surface area contributed by atoms with Crippen LogP contribution in [0.25, 0.3) is 11.1 Å². The van der Waals surface area contributed by atoms with Gasteiger partial charge in [0.25, 0.3) is 0 Å². The normalized spacial score (nSPS) is 17.9. The Bertz CT molecular complexity index is 1000. The molecule has 7 nitrogen and oxygen atoms in total. The molecule has 0 bridgehead atoms. The number of hydrogen-bond acceptors (Lipinski definition) is 4. The average molecular weight is 425 g/mol. The van der Waals surface area contributed by atoms with E-state index in [0.717, 1.165) is 18.4 Å². The van der Waals surface area contributed by atoms with E-state index in [1.54, 1.807) is 12.1 Å². The highest BCUT2D eigenvalue weighted by Crippen LogP contribution is 2.30. The summed E-state index contributed by atoms with van der Waals surface area (Å²) in [6.07, 6.45) is 0.878. The Balaban J connectivity index is 1.40. The van der Waals surface area contributed by atoms with Crippen molar-refractivity contribution < 1.29 is 23.5 Å². The maximum atomic E-state index is 14.8. The highest BCUT2D eigenvalue weighted by atomic mass is 19.1. The Labute approximate surface area is 179 Å². The van der Waals surface area contributed by atoms with Crippen LogP contribution in [0.3, 0.4) is 0 Å². The standard InChI is InChI=1S/C23H24FN3O4/c1-14(28)25-12-19-13-27(23(30)31-19)18-8-9-20(21(24)10-18)16-4-2-15(3-5-16)11-26-22(29)17-6-7-17/h2-5,8-10,17,19H,6-7,11-13H2,1H3,(H,25,28)(H,26,29). The van der Waals surface area contributed by atoms with Crippen LogP contribution in [0.5, 0.6) is 0 Å². The fourth-order valence-electron chi connectivity index (χ4n) is 3.48.